The maximum Gasteiger partial charge on any atom is 0.342 e. The summed E-state index contributed by atoms with van der Waals surface area (Å²) in [5.74, 6) is -1.42. The maximum atomic E-state index is 12.5. The number of nitrogens with one attached hydrogen (secondary N) is 1. The van der Waals surface area contributed by atoms with Gasteiger partial charge in [-0.25, -0.2) is 17.9 Å². The third-order valence-corrected chi connectivity index (χ3v) is 4.89. The van der Waals surface area contributed by atoms with Crippen LogP contribution in [-0.4, -0.2) is 26.4 Å². The van der Waals surface area contributed by atoms with Crippen molar-refractivity contribution in [2.24, 2.45) is 0 Å². The monoisotopic (exact) mass is 399 g/mol. The minimum atomic E-state index is -4.36. The number of methoxy groups -OCH3 is 1. The van der Waals surface area contributed by atoms with Crippen LogP contribution in [-0.2, 0) is 14.8 Å². The summed E-state index contributed by atoms with van der Waals surface area (Å²) >= 11 is 5.65. The molecule has 2 aromatic rings. The normalized spacial score (nSPS) is 10.8. The number of sulfonamides is 1. The second kappa shape index (κ2) is 7.03. The van der Waals surface area contributed by atoms with E-state index in [2.05, 4.69) is 4.74 Å². The Bertz CT molecular complexity index is 1050. The molecule has 0 aliphatic rings. The van der Waals surface area contributed by atoms with Crippen molar-refractivity contribution < 1.29 is 27.3 Å². The first-order chi connectivity index (χ1) is 12.1. The van der Waals surface area contributed by atoms with Crippen molar-refractivity contribution in [3.63, 3.8) is 0 Å². The van der Waals surface area contributed by atoms with Gasteiger partial charge in [0.25, 0.3) is 15.7 Å². The second-order valence-electron chi connectivity index (χ2n) is 4.82. The summed E-state index contributed by atoms with van der Waals surface area (Å²) in [7, 11) is -3.27. The molecule has 12 heteroatoms. The number of nitro benzene ring substituents is 1. The van der Waals surface area contributed by atoms with E-state index in [-0.39, 0.29) is 21.9 Å². The number of halogens is 1. The van der Waals surface area contributed by atoms with Gasteiger partial charge in [-0.3, -0.25) is 10.1 Å². The number of furan rings is 1. The van der Waals surface area contributed by atoms with Crippen LogP contribution >= 0.6 is 11.6 Å². The molecule has 0 fully saturated rings. The molecule has 136 valence electrons. The van der Waals surface area contributed by atoms with E-state index < -0.39 is 37.4 Å². The van der Waals surface area contributed by atoms with Crippen molar-refractivity contribution in [3.8, 4) is 6.07 Å². The number of carbonyl (C=O) groups excluding carboxylic acids is 1. The average Bonchev–Trinajstić information content (AvgIpc) is 2.88. The molecule has 10 nitrogen and oxygen atoms in total. The first kappa shape index (κ1) is 19.2. The first-order valence-electron chi connectivity index (χ1n) is 6.71. The summed E-state index contributed by atoms with van der Waals surface area (Å²) in [6, 6.07) is 4.51. The molecule has 0 unspecified atom stereocenters. The Kier molecular flexibility index (Phi) is 5.20. The molecule has 2 rings (SSSR count). The molecule has 0 saturated heterocycles. The van der Waals surface area contributed by atoms with Crippen LogP contribution in [0.15, 0.2) is 27.5 Å². The van der Waals surface area contributed by atoms with Gasteiger partial charge in [0.2, 0.25) is 5.88 Å². The summed E-state index contributed by atoms with van der Waals surface area (Å²) in [4.78, 5) is 21.3. The van der Waals surface area contributed by atoms with Crippen molar-refractivity contribution >= 4 is 39.2 Å². The number of benzene rings is 1. The molecule has 0 atom stereocenters. The lowest BCUT2D eigenvalue weighted by molar-refractivity contribution is -0.384. The molecule has 26 heavy (non-hydrogen) atoms. The quantitative estimate of drug-likeness (QED) is 0.457. The largest absolute Gasteiger partial charge is 0.465 e. The maximum absolute atomic E-state index is 12.5. The lowest BCUT2D eigenvalue weighted by atomic mass is 10.1. The molecule has 0 radical (unpaired) electrons. The lowest BCUT2D eigenvalue weighted by Gasteiger charge is -2.06. The average molecular weight is 400 g/mol. The molecule has 0 aliphatic carbocycles. The third kappa shape index (κ3) is 3.46. The van der Waals surface area contributed by atoms with Crippen LogP contribution < -0.4 is 4.72 Å². The number of ether oxygens (including phenoxy) is 1. The highest BCUT2D eigenvalue weighted by Crippen LogP contribution is 2.31. The number of aryl methyl sites for hydroxylation is 1. The van der Waals surface area contributed by atoms with Gasteiger partial charge >= 0.3 is 5.97 Å². The van der Waals surface area contributed by atoms with Gasteiger partial charge in [0.1, 0.15) is 28.0 Å². The molecular weight excluding hydrogens is 390 g/mol. The zero-order valence-corrected chi connectivity index (χ0v) is 14.8. The minimum absolute atomic E-state index is 0.0341. The number of nitriles is 1. The van der Waals surface area contributed by atoms with Gasteiger partial charge in [-0.15, -0.1) is 0 Å². The smallest absolute Gasteiger partial charge is 0.342 e. The Hall–Kier alpha value is -3.10. The molecule has 0 bridgehead atoms. The predicted octanol–water partition coefficient (Wildman–Crippen LogP) is 2.61. The third-order valence-electron chi connectivity index (χ3n) is 3.24. The van der Waals surface area contributed by atoms with Crippen LogP contribution in [0.4, 0.5) is 11.6 Å². The van der Waals surface area contributed by atoms with Crippen LogP contribution in [0.2, 0.25) is 5.02 Å². The standard InChI is InChI=1S/C14H10ClN3O7S/c1-7-12(14(19)24-2)9(6-16)13(25-7)17-26(22,23)8-3-4-10(15)11(5-8)18(20)21/h3-5,17H,1-2H3. The summed E-state index contributed by atoms with van der Waals surface area (Å²) in [5.41, 5.74) is -1.21. The fourth-order valence-electron chi connectivity index (χ4n) is 2.05. The molecule has 1 heterocycles. The van der Waals surface area contributed by atoms with E-state index >= 15 is 0 Å². The Morgan fingerprint density at radius 3 is 2.65 bits per heavy atom. The Labute approximate surface area is 152 Å². The van der Waals surface area contributed by atoms with Gasteiger partial charge < -0.3 is 9.15 Å². The molecule has 1 aromatic carbocycles. The van der Waals surface area contributed by atoms with Gasteiger partial charge in [-0.1, -0.05) is 11.6 Å². The SMILES string of the molecule is COC(=O)c1c(C)oc(NS(=O)(=O)c2ccc(Cl)c([N+](=O)[O-])c2)c1C#N. The van der Waals surface area contributed by atoms with E-state index in [0.717, 1.165) is 25.3 Å². The Morgan fingerprint density at radius 2 is 2.12 bits per heavy atom. The van der Waals surface area contributed by atoms with Crippen molar-refractivity contribution in [2.75, 3.05) is 11.8 Å². The lowest BCUT2D eigenvalue weighted by Crippen LogP contribution is -2.14. The van der Waals surface area contributed by atoms with E-state index in [0.29, 0.717) is 0 Å². The van der Waals surface area contributed by atoms with E-state index in [9.17, 15) is 28.6 Å². The number of nitro groups is 1. The Balaban J connectivity index is 2.52. The van der Waals surface area contributed by atoms with Crippen molar-refractivity contribution in [1.29, 1.82) is 5.26 Å². The summed E-state index contributed by atoms with van der Waals surface area (Å²) in [6.45, 7) is 1.35. The predicted molar refractivity (Wildman–Crippen MR) is 88.4 cm³/mol. The van der Waals surface area contributed by atoms with Crippen LogP contribution in [0.1, 0.15) is 21.7 Å². The molecule has 1 aromatic heterocycles. The number of anilines is 1. The van der Waals surface area contributed by atoms with Gasteiger partial charge in [0.15, 0.2) is 0 Å². The van der Waals surface area contributed by atoms with E-state index in [1.165, 1.54) is 6.92 Å². The number of hydrogen-bond acceptors (Lipinski definition) is 8. The first-order valence-corrected chi connectivity index (χ1v) is 8.57. The van der Waals surface area contributed by atoms with E-state index in [1.54, 1.807) is 6.07 Å². The van der Waals surface area contributed by atoms with Gasteiger partial charge in [-0.05, 0) is 19.1 Å². The van der Waals surface area contributed by atoms with Gasteiger partial charge in [0, 0.05) is 6.07 Å². The summed E-state index contributed by atoms with van der Waals surface area (Å²) in [5, 5.41) is 19.9. The molecule has 0 spiro atoms. The minimum Gasteiger partial charge on any atom is -0.465 e. The van der Waals surface area contributed by atoms with E-state index in [4.69, 9.17) is 16.0 Å². The number of carbonyl (C=O) groups is 1. The van der Waals surface area contributed by atoms with Crippen molar-refractivity contribution in [1.82, 2.24) is 0 Å². The molecule has 0 aliphatic heterocycles. The highest BCUT2D eigenvalue weighted by atomic mass is 35.5. The Morgan fingerprint density at radius 1 is 1.46 bits per heavy atom. The van der Waals surface area contributed by atoms with Gasteiger partial charge in [-0.2, -0.15) is 5.26 Å². The van der Waals surface area contributed by atoms with Crippen molar-refractivity contribution in [2.45, 2.75) is 11.8 Å². The fourth-order valence-corrected chi connectivity index (χ4v) is 3.26. The number of hydrogen-bond donors (Lipinski definition) is 1. The number of esters is 1. The van der Waals surface area contributed by atoms with Crippen LogP contribution in [0, 0.1) is 28.4 Å². The van der Waals surface area contributed by atoms with Crippen LogP contribution in [0.25, 0.3) is 0 Å². The zero-order valence-electron chi connectivity index (χ0n) is 13.3. The van der Waals surface area contributed by atoms with Gasteiger partial charge in [0.05, 0.1) is 16.9 Å². The fraction of sp³-hybridized carbons (Fsp3) is 0.143. The molecule has 1 N–H and O–H groups in total. The molecule has 0 amide bonds. The van der Waals surface area contributed by atoms with E-state index in [1.807, 2.05) is 4.72 Å². The summed E-state index contributed by atoms with van der Waals surface area (Å²) < 4.78 is 36.6. The van der Waals surface area contributed by atoms with Crippen LogP contribution in [0.5, 0.6) is 0 Å². The topological polar surface area (TPSA) is 153 Å². The molecule has 0 saturated carbocycles. The second-order valence-corrected chi connectivity index (χ2v) is 6.91. The highest BCUT2D eigenvalue weighted by Gasteiger charge is 2.28. The summed E-state index contributed by atoms with van der Waals surface area (Å²) in [6.07, 6.45) is 0. The number of rotatable bonds is 5. The van der Waals surface area contributed by atoms with Crippen LogP contribution in [0.3, 0.4) is 0 Å². The highest BCUT2D eigenvalue weighted by molar-refractivity contribution is 7.92. The van der Waals surface area contributed by atoms with Crippen molar-refractivity contribution in [3.05, 3.63) is 50.2 Å². The zero-order chi connectivity index (χ0) is 19.6. The molecular formula is C14H10ClN3O7S. The number of nitrogens with zero attached hydrogens (tertiary/aromatic N) is 2.